The van der Waals surface area contributed by atoms with Crippen LogP contribution >= 0.6 is 0 Å². The van der Waals surface area contributed by atoms with Crippen LogP contribution in [-0.2, 0) is 22.7 Å². The summed E-state index contributed by atoms with van der Waals surface area (Å²) in [5.74, 6) is -0.892. The molecule has 0 unspecified atom stereocenters. The van der Waals surface area contributed by atoms with Crippen molar-refractivity contribution < 1.29 is 28.2 Å². The molecule has 48 heavy (non-hydrogen) atoms. The first-order valence-electron chi connectivity index (χ1n) is 15.7. The molecule has 6 rings (SSSR count). The van der Waals surface area contributed by atoms with E-state index in [-0.39, 0.29) is 55.8 Å². The Morgan fingerprint density at radius 3 is 2.67 bits per heavy atom. The van der Waals surface area contributed by atoms with Gasteiger partial charge in [0.2, 0.25) is 5.91 Å². The summed E-state index contributed by atoms with van der Waals surface area (Å²) >= 11 is 0. The van der Waals surface area contributed by atoms with E-state index < -0.39 is 29.6 Å². The molecular formula is C35H35FN6O6. The Morgan fingerprint density at radius 1 is 1.00 bits per heavy atom. The van der Waals surface area contributed by atoms with E-state index in [4.69, 9.17) is 9.47 Å². The number of ether oxygens (including phenoxy) is 2. The van der Waals surface area contributed by atoms with Crippen LogP contribution in [0.3, 0.4) is 0 Å². The fourth-order valence-corrected chi connectivity index (χ4v) is 5.95. The van der Waals surface area contributed by atoms with E-state index in [2.05, 4.69) is 20.6 Å². The molecule has 6 bridgehead atoms. The Bertz CT molecular complexity index is 1930. The van der Waals surface area contributed by atoms with Crippen LogP contribution < -0.4 is 25.8 Å². The number of nitrogens with zero attached hydrogens (tertiary/aromatic N) is 4. The lowest BCUT2D eigenvalue weighted by atomic mass is 10.00. The van der Waals surface area contributed by atoms with Crippen LogP contribution in [0.1, 0.15) is 40.2 Å². The van der Waals surface area contributed by atoms with E-state index in [1.54, 1.807) is 61.3 Å². The van der Waals surface area contributed by atoms with Gasteiger partial charge in [0.1, 0.15) is 23.4 Å². The van der Waals surface area contributed by atoms with Crippen LogP contribution in [0, 0.1) is 19.7 Å². The van der Waals surface area contributed by atoms with Crippen molar-refractivity contribution in [3.63, 3.8) is 0 Å². The molecule has 4 heterocycles. The molecule has 2 aliphatic rings. The van der Waals surface area contributed by atoms with Crippen LogP contribution in [0.5, 0.6) is 11.5 Å². The topological polar surface area (TPSA) is 145 Å². The second-order valence-corrected chi connectivity index (χ2v) is 11.9. The molecule has 2 N–H and O–H groups in total. The van der Waals surface area contributed by atoms with Crippen LogP contribution in [-0.4, -0.2) is 69.0 Å². The Balaban J connectivity index is 1.28. The number of nitrogens with one attached hydrogen (secondary N) is 2. The van der Waals surface area contributed by atoms with Gasteiger partial charge < -0.3 is 25.0 Å². The molecule has 0 radical (unpaired) electrons. The predicted molar refractivity (Wildman–Crippen MR) is 173 cm³/mol. The molecule has 1 fully saturated rings. The third kappa shape index (κ3) is 7.68. The van der Waals surface area contributed by atoms with Gasteiger partial charge in [-0.15, -0.1) is 0 Å². The number of likely N-dealkylation sites (tertiary alicyclic amines) is 1. The smallest absolute Gasteiger partial charge is 0.347 e. The lowest BCUT2D eigenvalue weighted by molar-refractivity contribution is -0.134. The molecule has 0 spiro atoms. The number of carbonyl (C=O) groups excluding carboxylic acids is 3. The number of amides is 3. The highest BCUT2D eigenvalue weighted by molar-refractivity contribution is 5.95. The van der Waals surface area contributed by atoms with Crippen molar-refractivity contribution in [3.8, 4) is 22.6 Å². The number of benzene rings is 2. The largest absolute Gasteiger partial charge is 0.488 e. The standard InChI is InChI=1S/C35H35FN6O6/c1-21-10-22(2)42(35(46)39-21)9-7-33(44)41-8-6-31-30(19-41)40-34(45)26-13-25(17-37-18-26)24-4-3-5-28(14-24)47-20-32(43)38-16-23-11-27(36)15-29(12-23)48-31/h3-5,10-15,17-18,30-31H,6-9,16,19-20H2,1-2H3,(H,38,43)(H,40,45)/t30-,31+/m1/s1. The van der Waals surface area contributed by atoms with E-state index in [9.17, 15) is 23.6 Å². The quantitative estimate of drug-likeness (QED) is 0.343. The summed E-state index contributed by atoms with van der Waals surface area (Å²) in [6.07, 6.45) is 2.85. The minimum Gasteiger partial charge on any atom is -0.488 e. The van der Waals surface area contributed by atoms with Gasteiger partial charge in [0.05, 0.1) is 11.6 Å². The summed E-state index contributed by atoms with van der Waals surface area (Å²) in [4.78, 5) is 61.9. The number of aromatic nitrogens is 3. The minimum atomic E-state index is -0.672. The van der Waals surface area contributed by atoms with Gasteiger partial charge in [0.15, 0.2) is 6.61 Å². The number of hydrogen-bond donors (Lipinski definition) is 2. The van der Waals surface area contributed by atoms with Crippen molar-refractivity contribution in [1.82, 2.24) is 30.1 Å². The fourth-order valence-electron chi connectivity index (χ4n) is 5.95. The summed E-state index contributed by atoms with van der Waals surface area (Å²) in [6, 6.07) is 14.0. The summed E-state index contributed by atoms with van der Waals surface area (Å²) in [7, 11) is 0. The Hall–Kier alpha value is -5.59. The van der Waals surface area contributed by atoms with Gasteiger partial charge in [-0.3, -0.25) is 23.9 Å². The first kappa shape index (κ1) is 32.4. The average Bonchev–Trinajstić information content (AvgIpc) is 3.06. The first-order chi connectivity index (χ1) is 23.1. The molecule has 12 nitrogen and oxygen atoms in total. The van der Waals surface area contributed by atoms with E-state index in [0.717, 1.165) is 5.56 Å². The number of pyridine rings is 1. The molecule has 2 atom stereocenters. The van der Waals surface area contributed by atoms with Crippen molar-refractivity contribution in [3.05, 3.63) is 106 Å². The second kappa shape index (κ2) is 14.0. The normalized spacial score (nSPS) is 18.1. The molecule has 3 amide bonds. The lowest BCUT2D eigenvalue weighted by Gasteiger charge is -2.39. The van der Waals surface area contributed by atoms with Crippen molar-refractivity contribution in [2.75, 3.05) is 19.7 Å². The maximum Gasteiger partial charge on any atom is 0.347 e. The SMILES string of the molecule is Cc1cc(C)n(CCC(=O)N2CC[C@@H]3Oc4cc(F)cc(c4)CNC(=O)COc4cccc(c4)-c4cncc(c4)C(=O)N[C@@H]3C2)c(=O)n1. The van der Waals surface area contributed by atoms with Crippen molar-refractivity contribution in [2.24, 2.45) is 0 Å². The van der Waals surface area contributed by atoms with E-state index in [1.807, 2.05) is 6.07 Å². The molecular weight excluding hydrogens is 619 g/mol. The van der Waals surface area contributed by atoms with Gasteiger partial charge in [-0.2, -0.15) is 4.98 Å². The van der Waals surface area contributed by atoms with Gasteiger partial charge in [-0.1, -0.05) is 12.1 Å². The number of aryl methyl sites for hydroxylation is 2. The summed E-state index contributed by atoms with van der Waals surface area (Å²) in [5, 5.41) is 5.76. The molecule has 1 saturated heterocycles. The molecule has 4 aromatic rings. The lowest BCUT2D eigenvalue weighted by Crippen LogP contribution is -2.58. The minimum absolute atomic E-state index is 0.0417. The van der Waals surface area contributed by atoms with Gasteiger partial charge in [0.25, 0.3) is 11.8 Å². The highest BCUT2D eigenvalue weighted by Gasteiger charge is 2.34. The summed E-state index contributed by atoms with van der Waals surface area (Å²) in [6.45, 7) is 3.94. The van der Waals surface area contributed by atoms with Gasteiger partial charge in [0, 0.05) is 74.4 Å². The average molecular weight is 655 g/mol. The number of halogens is 1. The second-order valence-electron chi connectivity index (χ2n) is 11.9. The molecule has 2 aliphatic heterocycles. The third-order valence-electron chi connectivity index (χ3n) is 8.36. The monoisotopic (exact) mass is 654 g/mol. The third-order valence-corrected chi connectivity index (χ3v) is 8.36. The van der Waals surface area contributed by atoms with Crippen molar-refractivity contribution >= 4 is 17.7 Å². The van der Waals surface area contributed by atoms with Crippen LogP contribution in [0.2, 0.25) is 0 Å². The molecule has 2 aromatic heterocycles. The van der Waals surface area contributed by atoms with Crippen molar-refractivity contribution in [1.29, 1.82) is 0 Å². The van der Waals surface area contributed by atoms with Crippen LogP contribution in [0.15, 0.2) is 71.8 Å². The van der Waals surface area contributed by atoms with E-state index in [1.165, 1.54) is 22.9 Å². The Labute approximate surface area is 275 Å². The number of rotatable bonds is 3. The number of hydrogen-bond acceptors (Lipinski definition) is 8. The molecule has 248 valence electrons. The van der Waals surface area contributed by atoms with Gasteiger partial charge in [-0.25, -0.2) is 9.18 Å². The Kier molecular flexibility index (Phi) is 9.46. The fraction of sp³-hybridized carbons (Fsp3) is 0.314. The number of fused-ring (bicyclic) bond motifs is 8. The van der Waals surface area contributed by atoms with Crippen LogP contribution in [0.25, 0.3) is 11.1 Å². The Morgan fingerprint density at radius 2 is 1.83 bits per heavy atom. The highest BCUT2D eigenvalue weighted by atomic mass is 19.1. The number of piperidine rings is 1. The maximum absolute atomic E-state index is 14.7. The zero-order valence-electron chi connectivity index (χ0n) is 26.6. The summed E-state index contributed by atoms with van der Waals surface area (Å²) < 4.78 is 28.1. The van der Waals surface area contributed by atoms with E-state index >= 15 is 0 Å². The first-order valence-corrected chi connectivity index (χ1v) is 15.7. The van der Waals surface area contributed by atoms with E-state index in [0.29, 0.717) is 41.2 Å². The zero-order valence-corrected chi connectivity index (χ0v) is 26.6. The van der Waals surface area contributed by atoms with Crippen molar-refractivity contribution in [2.45, 2.75) is 51.9 Å². The maximum atomic E-state index is 14.7. The van der Waals surface area contributed by atoms with Gasteiger partial charge in [-0.05, 0) is 61.4 Å². The van der Waals surface area contributed by atoms with Gasteiger partial charge >= 0.3 is 5.69 Å². The highest BCUT2D eigenvalue weighted by Crippen LogP contribution is 2.26. The molecule has 0 aliphatic carbocycles. The molecule has 2 aromatic carbocycles. The molecule has 13 heteroatoms. The summed E-state index contributed by atoms with van der Waals surface area (Å²) in [5.41, 5.74) is 3.06. The van der Waals surface area contributed by atoms with Crippen LogP contribution in [0.4, 0.5) is 4.39 Å². The zero-order chi connectivity index (χ0) is 33.8. The molecule has 0 saturated carbocycles. The number of carbonyl (C=O) groups is 3. The predicted octanol–water partition coefficient (Wildman–Crippen LogP) is 2.94.